The zero-order valence-electron chi connectivity index (χ0n) is 16.8. The SMILES string of the molecule is CCOC(=O)c1cc(C(=O)NCCCc2ccc(N(C)C)cc2)cc([N+](=O)[O-])c1. The first-order valence-electron chi connectivity index (χ1n) is 9.33. The number of nitrogens with zero attached hydrogens (tertiary/aromatic N) is 2. The number of ether oxygens (including phenoxy) is 1. The van der Waals surface area contributed by atoms with Crippen molar-refractivity contribution in [2.75, 3.05) is 32.1 Å². The molecule has 0 atom stereocenters. The number of amides is 1. The smallest absolute Gasteiger partial charge is 0.338 e. The van der Waals surface area contributed by atoms with Crippen LogP contribution < -0.4 is 10.2 Å². The number of hydrogen-bond acceptors (Lipinski definition) is 6. The van der Waals surface area contributed by atoms with Crippen LogP contribution in [-0.2, 0) is 11.2 Å². The van der Waals surface area contributed by atoms with Crippen molar-refractivity contribution in [3.63, 3.8) is 0 Å². The maximum absolute atomic E-state index is 12.4. The number of nitro benzene ring substituents is 1. The summed E-state index contributed by atoms with van der Waals surface area (Å²) in [6.07, 6.45) is 1.50. The molecule has 1 N–H and O–H groups in total. The highest BCUT2D eigenvalue weighted by atomic mass is 16.6. The van der Waals surface area contributed by atoms with Crippen LogP contribution in [0.3, 0.4) is 0 Å². The van der Waals surface area contributed by atoms with Crippen LogP contribution in [0.2, 0.25) is 0 Å². The van der Waals surface area contributed by atoms with Crippen molar-refractivity contribution >= 4 is 23.3 Å². The van der Waals surface area contributed by atoms with Crippen molar-refractivity contribution in [2.45, 2.75) is 19.8 Å². The largest absolute Gasteiger partial charge is 0.462 e. The average molecular weight is 399 g/mol. The molecule has 2 rings (SSSR count). The third kappa shape index (κ3) is 6.31. The molecule has 0 aliphatic heterocycles. The van der Waals surface area contributed by atoms with E-state index in [9.17, 15) is 19.7 Å². The molecule has 0 heterocycles. The summed E-state index contributed by atoms with van der Waals surface area (Å²) in [7, 11) is 3.96. The Morgan fingerprint density at radius 3 is 2.34 bits per heavy atom. The number of carbonyl (C=O) groups is 2. The second-order valence-electron chi connectivity index (χ2n) is 6.67. The second kappa shape index (κ2) is 10.2. The van der Waals surface area contributed by atoms with E-state index in [0.717, 1.165) is 29.8 Å². The topological polar surface area (TPSA) is 102 Å². The quantitative estimate of drug-likeness (QED) is 0.301. The van der Waals surface area contributed by atoms with Gasteiger partial charge in [-0.3, -0.25) is 14.9 Å². The molecule has 29 heavy (non-hydrogen) atoms. The van der Waals surface area contributed by atoms with E-state index in [1.54, 1.807) is 6.92 Å². The predicted molar refractivity (Wildman–Crippen MR) is 110 cm³/mol. The van der Waals surface area contributed by atoms with E-state index in [4.69, 9.17) is 4.74 Å². The fourth-order valence-electron chi connectivity index (χ4n) is 2.74. The highest BCUT2D eigenvalue weighted by Gasteiger charge is 2.18. The van der Waals surface area contributed by atoms with Crippen LogP contribution in [0.25, 0.3) is 0 Å². The number of benzene rings is 2. The summed E-state index contributed by atoms with van der Waals surface area (Å²) >= 11 is 0. The Kier molecular flexibility index (Phi) is 7.70. The van der Waals surface area contributed by atoms with Gasteiger partial charge in [0.15, 0.2) is 0 Å². The number of carbonyl (C=O) groups excluding carboxylic acids is 2. The molecule has 0 aliphatic carbocycles. The molecule has 0 saturated carbocycles. The minimum absolute atomic E-state index is 0.0211. The molecule has 0 fully saturated rings. The van der Waals surface area contributed by atoms with Crippen molar-refractivity contribution < 1.29 is 19.2 Å². The standard InChI is InChI=1S/C21H25N3O5/c1-4-29-21(26)17-12-16(13-19(14-17)24(27)28)20(25)22-11-5-6-15-7-9-18(10-8-15)23(2)3/h7-10,12-14H,4-6,11H2,1-3H3,(H,22,25). The van der Waals surface area contributed by atoms with Gasteiger partial charge in [-0.1, -0.05) is 12.1 Å². The lowest BCUT2D eigenvalue weighted by Gasteiger charge is -2.12. The summed E-state index contributed by atoms with van der Waals surface area (Å²) in [6, 6.07) is 11.7. The summed E-state index contributed by atoms with van der Waals surface area (Å²) in [4.78, 5) is 36.8. The number of nitrogens with one attached hydrogen (secondary N) is 1. The minimum atomic E-state index is -0.702. The monoisotopic (exact) mass is 399 g/mol. The minimum Gasteiger partial charge on any atom is -0.462 e. The van der Waals surface area contributed by atoms with E-state index < -0.39 is 16.8 Å². The molecule has 8 nitrogen and oxygen atoms in total. The number of aryl methyl sites for hydroxylation is 1. The van der Waals surface area contributed by atoms with E-state index in [0.29, 0.717) is 13.0 Å². The molecule has 2 aromatic carbocycles. The van der Waals surface area contributed by atoms with E-state index in [-0.39, 0.29) is 23.4 Å². The van der Waals surface area contributed by atoms with Crippen molar-refractivity contribution in [3.8, 4) is 0 Å². The number of nitro groups is 1. The third-order valence-electron chi connectivity index (χ3n) is 4.28. The predicted octanol–water partition coefficient (Wildman–Crippen LogP) is 3.20. The van der Waals surface area contributed by atoms with Gasteiger partial charge in [-0.15, -0.1) is 0 Å². The van der Waals surface area contributed by atoms with Gasteiger partial charge in [0.05, 0.1) is 17.1 Å². The Balaban J connectivity index is 1.97. The summed E-state index contributed by atoms with van der Waals surface area (Å²) in [6.45, 7) is 2.18. The summed E-state index contributed by atoms with van der Waals surface area (Å²) < 4.78 is 4.87. The van der Waals surface area contributed by atoms with Crippen molar-refractivity contribution in [1.82, 2.24) is 5.32 Å². The first kappa shape index (κ1) is 21.9. The van der Waals surface area contributed by atoms with Gasteiger partial charge in [0, 0.05) is 44.0 Å². The van der Waals surface area contributed by atoms with Crippen LogP contribution in [0.4, 0.5) is 11.4 Å². The highest BCUT2D eigenvalue weighted by molar-refractivity contribution is 5.99. The van der Waals surface area contributed by atoms with Crippen molar-refractivity contribution in [1.29, 1.82) is 0 Å². The van der Waals surface area contributed by atoms with Crippen LogP contribution in [0.5, 0.6) is 0 Å². The molecule has 0 aromatic heterocycles. The molecule has 154 valence electrons. The number of rotatable bonds is 9. The molecule has 0 aliphatic rings. The van der Waals surface area contributed by atoms with E-state index in [2.05, 4.69) is 5.32 Å². The number of non-ortho nitro benzene ring substituents is 1. The van der Waals surface area contributed by atoms with Crippen LogP contribution in [0, 0.1) is 10.1 Å². The Bertz CT molecular complexity index is 878. The molecule has 1 amide bonds. The average Bonchev–Trinajstić information content (AvgIpc) is 2.71. The fourth-order valence-corrected chi connectivity index (χ4v) is 2.74. The normalized spacial score (nSPS) is 10.3. The summed E-state index contributed by atoms with van der Waals surface area (Å²) in [5.74, 6) is -1.17. The van der Waals surface area contributed by atoms with Crippen LogP contribution in [0.1, 0.15) is 39.6 Å². The van der Waals surface area contributed by atoms with Crippen molar-refractivity contribution in [3.05, 3.63) is 69.3 Å². The maximum Gasteiger partial charge on any atom is 0.338 e. The van der Waals surface area contributed by atoms with Crippen molar-refractivity contribution in [2.24, 2.45) is 0 Å². The summed E-state index contributed by atoms with van der Waals surface area (Å²) in [5, 5.41) is 13.9. The Hall–Kier alpha value is -3.42. The molecular formula is C21H25N3O5. The molecule has 0 unspecified atom stereocenters. The molecule has 0 bridgehead atoms. The number of hydrogen-bond donors (Lipinski definition) is 1. The highest BCUT2D eigenvalue weighted by Crippen LogP contribution is 2.18. The van der Waals surface area contributed by atoms with Gasteiger partial charge in [-0.2, -0.15) is 0 Å². The van der Waals surface area contributed by atoms with Gasteiger partial charge >= 0.3 is 5.97 Å². The zero-order chi connectivity index (χ0) is 21.4. The first-order chi connectivity index (χ1) is 13.8. The zero-order valence-corrected chi connectivity index (χ0v) is 16.8. The third-order valence-corrected chi connectivity index (χ3v) is 4.28. The van der Waals surface area contributed by atoms with Gasteiger partial charge < -0.3 is 15.0 Å². The molecule has 0 radical (unpaired) electrons. The van der Waals surface area contributed by atoms with Crippen LogP contribution in [0.15, 0.2) is 42.5 Å². The number of esters is 1. The molecule has 2 aromatic rings. The second-order valence-corrected chi connectivity index (χ2v) is 6.67. The molecule has 8 heteroatoms. The number of anilines is 1. The molecular weight excluding hydrogens is 374 g/mol. The molecule has 0 spiro atoms. The fraction of sp³-hybridized carbons (Fsp3) is 0.333. The summed E-state index contributed by atoms with van der Waals surface area (Å²) in [5.41, 5.74) is 1.97. The lowest BCUT2D eigenvalue weighted by molar-refractivity contribution is -0.384. The van der Waals surface area contributed by atoms with Crippen LogP contribution in [-0.4, -0.2) is 44.0 Å². The lowest BCUT2D eigenvalue weighted by Crippen LogP contribution is -2.25. The Labute approximate surface area is 169 Å². The van der Waals surface area contributed by atoms with E-state index in [1.165, 1.54) is 6.07 Å². The molecule has 0 saturated heterocycles. The van der Waals surface area contributed by atoms with Gasteiger partial charge in [-0.25, -0.2) is 4.79 Å². The van der Waals surface area contributed by atoms with E-state index >= 15 is 0 Å². The maximum atomic E-state index is 12.4. The Morgan fingerprint density at radius 2 is 1.76 bits per heavy atom. The van der Waals surface area contributed by atoms with Gasteiger partial charge in [0.25, 0.3) is 11.6 Å². The Morgan fingerprint density at radius 1 is 1.10 bits per heavy atom. The van der Waals surface area contributed by atoms with E-state index in [1.807, 2.05) is 43.3 Å². The van der Waals surface area contributed by atoms with Gasteiger partial charge in [0.2, 0.25) is 0 Å². The first-order valence-corrected chi connectivity index (χ1v) is 9.33. The van der Waals surface area contributed by atoms with Crippen LogP contribution >= 0.6 is 0 Å². The lowest BCUT2D eigenvalue weighted by atomic mass is 10.1. The van der Waals surface area contributed by atoms with Gasteiger partial charge in [0.1, 0.15) is 0 Å². The van der Waals surface area contributed by atoms with Gasteiger partial charge in [-0.05, 0) is 43.5 Å².